The maximum Gasteiger partial charge on any atom is 0.263 e. The Hall–Kier alpha value is -2.40. The lowest BCUT2D eigenvalue weighted by atomic mass is 10.1. The van der Waals surface area contributed by atoms with Gasteiger partial charge in [-0.3, -0.25) is 9.59 Å². The summed E-state index contributed by atoms with van der Waals surface area (Å²) in [6, 6.07) is 11.2. The summed E-state index contributed by atoms with van der Waals surface area (Å²) in [5.41, 5.74) is 2.22. The summed E-state index contributed by atoms with van der Waals surface area (Å²) in [5.74, 6) is -0.312. The van der Waals surface area contributed by atoms with Gasteiger partial charge in [0.15, 0.2) is 0 Å². The molecular formula is C19H24N2O3. The molecule has 5 nitrogen and oxygen atoms in total. The van der Waals surface area contributed by atoms with Crippen LogP contribution >= 0.6 is 0 Å². The van der Waals surface area contributed by atoms with E-state index in [2.05, 4.69) is 0 Å². The first-order valence-electron chi connectivity index (χ1n) is 7.98. The number of pyridine rings is 1. The lowest BCUT2D eigenvalue weighted by Gasteiger charge is -2.20. The Morgan fingerprint density at radius 1 is 1.25 bits per heavy atom. The first-order valence-corrected chi connectivity index (χ1v) is 7.98. The molecule has 0 aliphatic rings. The summed E-state index contributed by atoms with van der Waals surface area (Å²) in [6.45, 7) is 3.97. The van der Waals surface area contributed by atoms with Crippen LogP contribution in [0, 0.1) is 13.8 Å². The number of nitrogens with zero attached hydrogens (tertiary/aromatic N) is 2. The van der Waals surface area contributed by atoms with Crippen LogP contribution < -0.4 is 5.56 Å². The van der Waals surface area contributed by atoms with E-state index in [1.165, 1.54) is 9.47 Å². The second-order valence-corrected chi connectivity index (χ2v) is 6.15. The molecule has 0 fully saturated rings. The predicted molar refractivity (Wildman–Crippen MR) is 94.1 cm³/mol. The van der Waals surface area contributed by atoms with Gasteiger partial charge in [0.25, 0.3) is 11.5 Å². The Morgan fingerprint density at radius 3 is 2.50 bits per heavy atom. The van der Waals surface area contributed by atoms with Crippen molar-refractivity contribution >= 4 is 5.91 Å². The third-order valence-corrected chi connectivity index (χ3v) is 4.35. The fraction of sp³-hybridized carbons (Fsp3) is 0.368. The molecule has 0 radical (unpaired) electrons. The van der Waals surface area contributed by atoms with Crippen molar-refractivity contribution in [1.29, 1.82) is 0 Å². The van der Waals surface area contributed by atoms with E-state index < -0.39 is 6.10 Å². The van der Waals surface area contributed by atoms with E-state index in [1.807, 2.05) is 43.3 Å². The number of aromatic nitrogens is 1. The molecule has 24 heavy (non-hydrogen) atoms. The van der Waals surface area contributed by atoms with Crippen LogP contribution in [0.4, 0.5) is 0 Å². The quantitative estimate of drug-likeness (QED) is 0.915. The number of carbonyl (C=O) groups is 1. The molecule has 1 heterocycles. The normalized spacial score (nSPS) is 12.0. The van der Waals surface area contributed by atoms with Crippen LogP contribution in [-0.2, 0) is 7.05 Å². The zero-order valence-electron chi connectivity index (χ0n) is 14.6. The molecular weight excluding hydrogens is 304 g/mol. The van der Waals surface area contributed by atoms with Crippen LogP contribution in [0.1, 0.15) is 39.7 Å². The summed E-state index contributed by atoms with van der Waals surface area (Å²) in [5, 5.41) is 10.2. The molecule has 0 saturated carbocycles. The lowest BCUT2D eigenvalue weighted by Crippen LogP contribution is -2.36. The number of aryl methyl sites for hydroxylation is 2. The third-order valence-electron chi connectivity index (χ3n) is 4.35. The highest BCUT2D eigenvalue weighted by Gasteiger charge is 2.20. The zero-order chi connectivity index (χ0) is 17.9. The molecule has 0 unspecified atom stereocenters. The van der Waals surface area contributed by atoms with Gasteiger partial charge in [-0.2, -0.15) is 0 Å². The molecule has 128 valence electrons. The molecule has 0 saturated heterocycles. The lowest BCUT2D eigenvalue weighted by molar-refractivity contribution is 0.0758. The second kappa shape index (κ2) is 7.45. The highest BCUT2D eigenvalue weighted by molar-refractivity contribution is 5.95. The van der Waals surface area contributed by atoms with E-state index in [9.17, 15) is 14.7 Å². The number of aliphatic hydroxyl groups is 1. The number of hydrogen-bond acceptors (Lipinski definition) is 3. The highest BCUT2D eigenvalue weighted by Crippen LogP contribution is 2.17. The smallest absolute Gasteiger partial charge is 0.263 e. The van der Waals surface area contributed by atoms with Gasteiger partial charge in [-0.1, -0.05) is 30.3 Å². The Kier molecular flexibility index (Phi) is 5.57. The van der Waals surface area contributed by atoms with Gasteiger partial charge in [0.05, 0.1) is 6.10 Å². The van der Waals surface area contributed by atoms with Gasteiger partial charge in [-0.15, -0.1) is 0 Å². The average Bonchev–Trinajstić information content (AvgIpc) is 2.58. The molecule has 1 aromatic heterocycles. The Balaban J connectivity index is 2.11. The topological polar surface area (TPSA) is 62.5 Å². The monoisotopic (exact) mass is 328 g/mol. The molecule has 1 aromatic carbocycles. The number of rotatable bonds is 5. The molecule has 5 heteroatoms. The molecule has 1 atom stereocenters. The van der Waals surface area contributed by atoms with Crippen molar-refractivity contribution in [3.05, 3.63) is 69.1 Å². The maximum absolute atomic E-state index is 12.6. The number of hydrogen-bond donors (Lipinski definition) is 1. The van der Waals surface area contributed by atoms with E-state index in [-0.39, 0.29) is 17.0 Å². The minimum Gasteiger partial charge on any atom is -0.388 e. The van der Waals surface area contributed by atoms with Gasteiger partial charge in [-0.05, 0) is 37.5 Å². The summed E-state index contributed by atoms with van der Waals surface area (Å²) in [7, 11) is 3.31. The average molecular weight is 328 g/mol. The third kappa shape index (κ3) is 3.74. The van der Waals surface area contributed by atoms with Crippen LogP contribution in [0.5, 0.6) is 0 Å². The number of benzene rings is 1. The van der Waals surface area contributed by atoms with E-state index in [0.717, 1.165) is 11.3 Å². The standard InChI is InChI=1S/C19H24N2O3/c1-13-12-14(2)21(4)19(24)17(13)18(23)20(3)11-10-16(22)15-8-6-5-7-9-15/h5-9,12,16,22H,10-11H2,1-4H3/t16-/m0/s1. The Morgan fingerprint density at radius 2 is 1.88 bits per heavy atom. The minimum atomic E-state index is -0.636. The number of carbonyl (C=O) groups excluding carboxylic acids is 1. The van der Waals surface area contributed by atoms with E-state index in [0.29, 0.717) is 18.5 Å². The van der Waals surface area contributed by atoms with Crippen LogP contribution in [0.2, 0.25) is 0 Å². The molecule has 0 bridgehead atoms. The van der Waals surface area contributed by atoms with Crippen molar-refractivity contribution in [2.45, 2.75) is 26.4 Å². The molecule has 2 rings (SSSR count). The molecule has 2 aromatic rings. The maximum atomic E-state index is 12.6. The van der Waals surface area contributed by atoms with Crippen molar-refractivity contribution in [2.24, 2.45) is 7.05 Å². The number of aliphatic hydroxyl groups excluding tert-OH is 1. The molecule has 0 spiro atoms. The molecule has 0 aliphatic heterocycles. The van der Waals surface area contributed by atoms with Crippen LogP contribution in [-0.4, -0.2) is 34.1 Å². The predicted octanol–water partition coefficient (Wildman–Crippen LogP) is 2.20. The first-order chi connectivity index (χ1) is 11.3. The first kappa shape index (κ1) is 17.9. The fourth-order valence-corrected chi connectivity index (χ4v) is 2.69. The highest BCUT2D eigenvalue weighted by atomic mass is 16.3. The molecule has 1 amide bonds. The van der Waals surface area contributed by atoms with Gasteiger partial charge >= 0.3 is 0 Å². The van der Waals surface area contributed by atoms with Gasteiger partial charge in [-0.25, -0.2) is 0 Å². The van der Waals surface area contributed by atoms with Crippen LogP contribution in [0.25, 0.3) is 0 Å². The van der Waals surface area contributed by atoms with E-state index >= 15 is 0 Å². The van der Waals surface area contributed by atoms with Crippen LogP contribution in [0.3, 0.4) is 0 Å². The van der Waals surface area contributed by atoms with Crippen LogP contribution in [0.15, 0.2) is 41.2 Å². The SMILES string of the molecule is Cc1cc(C)n(C)c(=O)c1C(=O)N(C)CC[C@H](O)c1ccccc1. The minimum absolute atomic E-state index is 0.194. The summed E-state index contributed by atoms with van der Waals surface area (Å²) < 4.78 is 1.48. The molecule has 1 N–H and O–H groups in total. The van der Waals surface area contributed by atoms with Crippen molar-refractivity contribution < 1.29 is 9.90 Å². The van der Waals surface area contributed by atoms with Gasteiger partial charge < -0.3 is 14.6 Å². The van der Waals surface area contributed by atoms with Gasteiger partial charge in [0.1, 0.15) is 5.56 Å². The summed E-state index contributed by atoms with van der Waals surface area (Å²) >= 11 is 0. The van der Waals surface area contributed by atoms with Crippen molar-refractivity contribution in [2.75, 3.05) is 13.6 Å². The second-order valence-electron chi connectivity index (χ2n) is 6.15. The van der Waals surface area contributed by atoms with Gasteiger partial charge in [0.2, 0.25) is 0 Å². The fourth-order valence-electron chi connectivity index (χ4n) is 2.69. The number of amides is 1. The Bertz CT molecular complexity index is 781. The van der Waals surface area contributed by atoms with Gasteiger partial charge in [0, 0.05) is 26.3 Å². The van der Waals surface area contributed by atoms with Crippen molar-refractivity contribution in [3.8, 4) is 0 Å². The van der Waals surface area contributed by atoms with Crippen molar-refractivity contribution in [1.82, 2.24) is 9.47 Å². The zero-order valence-corrected chi connectivity index (χ0v) is 14.6. The molecule has 0 aliphatic carbocycles. The largest absolute Gasteiger partial charge is 0.388 e. The summed E-state index contributed by atoms with van der Waals surface area (Å²) in [6.07, 6.45) is -0.222. The van der Waals surface area contributed by atoms with E-state index in [4.69, 9.17) is 0 Å². The van der Waals surface area contributed by atoms with E-state index in [1.54, 1.807) is 21.0 Å². The van der Waals surface area contributed by atoms with Crippen molar-refractivity contribution in [3.63, 3.8) is 0 Å². The Labute approximate surface area is 142 Å². The summed E-state index contributed by atoms with van der Waals surface area (Å²) in [4.78, 5) is 26.5.